The molecule has 0 bridgehead atoms. The Labute approximate surface area is 114 Å². The lowest BCUT2D eigenvalue weighted by Gasteiger charge is -2.26. The van der Waals surface area contributed by atoms with Crippen LogP contribution < -0.4 is 0 Å². The summed E-state index contributed by atoms with van der Waals surface area (Å²) in [4.78, 5) is 2.41. The van der Waals surface area contributed by atoms with Crippen molar-refractivity contribution in [2.24, 2.45) is 5.92 Å². The molecule has 1 aliphatic heterocycles. The third-order valence-corrected chi connectivity index (χ3v) is 4.72. The van der Waals surface area contributed by atoms with Crippen LogP contribution in [-0.2, 0) is 11.1 Å². The quantitative estimate of drug-likeness (QED) is 0.748. The van der Waals surface area contributed by atoms with Gasteiger partial charge in [0.05, 0.1) is 8.55 Å². The maximum absolute atomic E-state index is 10.2. The molecule has 1 aliphatic rings. The van der Waals surface area contributed by atoms with Crippen LogP contribution in [-0.4, -0.2) is 33.8 Å². The number of rotatable bonds is 1. The van der Waals surface area contributed by atoms with E-state index in [9.17, 15) is 8.76 Å². The fourth-order valence-electron chi connectivity index (χ4n) is 1.81. The molecule has 0 amide bonds. The standard InChI is InChI=1S/C7H15N.C4H3ClO2S2/c1-7-4-3-5-8(2)6-7;5-3-1-2-4(8-3)9(6)7/h7H,3-6H2,1-2H3;1-2H,(H,6,7)/p-1. The predicted molar refractivity (Wildman–Crippen MR) is 72.4 cm³/mol. The van der Waals surface area contributed by atoms with E-state index in [1.807, 2.05) is 0 Å². The van der Waals surface area contributed by atoms with Crippen LogP contribution >= 0.6 is 22.9 Å². The van der Waals surface area contributed by atoms with Gasteiger partial charge in [0.1, 0.15) is 0 Å². The summed E-state index contributed by atoms with van der Waals surface area (Å²) in [6.07, 6.45) is 2.84. The SMILES string of the molecule is CC1CCCN(C)C1.O=S([O-])c1ccc(Cl)s1. The van der Waals surface area contributed by atoms with Crippen molar-refractivity contribution in [3.8, 4) is 0 Å². The molecule has 0 N–H and O–H groups in total. The van der Waals surface area contributed by atoms with Crippen molar-refractivity contribution >= 4 is 34.0 Å². The highest BCUT2D eigenvalue weighted by Crippen LogP contribution is 2.23. The Bertz CT molecular complexity index is 362. The van der Waals surface area contributed by atoms with Gasteiger partial charge in [-0.1, -0.05) is 18.5 Å². The van der Waals surface area contributed by atoms with Crippen molar-refractivity contribution in [2.45, 2.75) is 24.0 Å². The van der Waals surface area contributed by atoms with Crippen molar-refractivity contribution in [1.82, 2.24) is 4.90 Å². The molecule has 2 unspecified atom stereocenters. The van der Waals surface area contributed by atoms with Crippen LogP contribution in [0.25, 0.3) is 0 Å². The number of likely N-dealkylation sites (tertiary alicyclic amines) is 1. The normalized spacial score (nSPS) is 22.7. The fraction of sp³-hybridized carbons (Fsp3) is 0.636. The van der Waals surface area contributed by atoms with Gasteiger partial charge in [-0.2, -0.15) is 0 Å². The van der Waals surface area contributed by atoms with Crippen LogP contribution in [0, 0.1) is 5.92 Å². The van der Waals surface area contributed by atoms with Crippen LogP contribution in [0.5, 0.6) is 0 Å². The van der Waals surface area contributed by atoms with E-state index in [1.165, 1.54) is 32.0 Å². The molecule has 0 saturated carbocycles. The molecule has 0 aliphatic carbocycles. The molecular formula is C11H17ClNO2S2-. The fourth-order valence-corrected chi connectivity index (χ4v) is 3.45. The number of hydrogen-bond donors (Lipinski definition) is 0. The van der Waals surface area contributed by atoms with Gasteiger partial charge < -0.3 is 9.45 Å². The third-order valence-electron chi connectivity index (χ3n) is 2.57. The highest BCUT2D eigenvalue weighted by Gasteiger charge is 2.11. The Morgan fingerprint density at radius 3 is 2.59 bits per heavy atom. The van der Waals surface area contributed by atoms with Gasteiger partial charge in [-0.3, -0.25) is 4.21 Å². The van der Waals surface area contributed by atoms with E-state index in [4.69, 9.17) is 11.6 Å². The first-order chi connectivity index (χ1) is 7.99. The largest absolute Gasteiger partial charge is 0.768 e. The molecular weight excluding hydrogens is 278 g/mol. The molecule has 0 spiro atoms. The molecule has 17 heavy (non-hydrogen) atoms. The zero-order valence-electron chi connectivity index (χ0n) is 10.0. The second kappa shape index (κ2) is 7.48. The molecule has 1 fully saturated rings. The van der Waals surface area contributed by atoms with Crippen molar-refractivity contribution in [3.63, 3.8) is 0 Å². The summed E-state index contributed by atoms with van der Waals surface area (Å²) < 4.78 is 21.1. The van der Waals surface area contributed by atoms with Gasteiger partial charge in [-0.25, -0.2) is 0 Å². The number of nitrogens with zero attached hydrogens (tertiary/aromatic N) is 1. The molecule has 0 aromatic carbocycles. The first-order valence-corrected chi connectivity index (χ1v) is 7.79. The maximum Gasteiger partial charge on any atom is 0.0940 e. The molecule has 1 aromatic heterocycles. The van der Waals surface area contributed by atoms with Crippen molar-refractivity contribution in [3.05, 3.63) is 16.5 Å². The maximum atomic E-state index is 10.2. The summed E-state index contributed by atoms with van der Waals surface area (Å²) in [5.41, 5.74) is 0. The number of piperidine rings is 1. The van der Waals surface area contributed by atoms with E-state index in [1.54, 1.807) is 6.07 Å². The third kappa shape index (κ3) is 5.97. The molecule has 1 saturated heterocycles. The second-order valence-corrected chi connectivity index (χ2v) is 7.19. The minimum atomic E-state index is -2.12. The number of halogens is 1. The Hall–Kier alpha value is 0.0600. The van der Waals surface area contributed by atoms with Gasteiger partial charge in [0.25, 0.3) is 0 Å². The molecule has 0 radical (unpaired) electrons. The average Bonchev–Trinajstić information content (AvgIpc) is 2.65. The van der Waals surface area contributed by atoms with Crippen LogP contribution in [0.3, 0.4) is 0 Å². The summed E-state index contributed by atoms with van der Waals surface area (Å²) in [7, 11) is 2.20. The van der Waals surface area contributed by atoms with Gasteiger partial charge in [-0.05, 0) is 55.6 Å². The van der Waals surface area contributed by atoms with Crippen molar-refractivity contribution < 1.29 is 8.76 Å². The Morgan fingerprint density at radius 1 is 1.59 bits per heavy atom. The van der Waals surface area contributed by atoms with Gasteiger partial charge in [0, 0.05) is 6.54 Å². The van der Waals surface area contributed by atoms with E-state index in [2.05, 4.69) is 18.9 Å². The molecule has 98 valence electrons. The van der Waals surface area contributed by atoms with Crippen molar-refractivity contribution in [1.29, 1.82) is 0 Å². The monoisotopic (exact) mass is 294 g/mol. The topological polar surface area (TPSA) is 43.4 Å². The average molecular weight is 295 g/mol. The van der Waals surface area contributed by atoms with Gasteiger partial charge >= 0.3 is 0 Å². The first kappa shape index (κ1) is 15.1. The van der Waals surface area contributed by atoms with E-state index in [0.717, 1.165) is 17.3 Å². The lowest BCUT2D eigenvalue weighted by atomic mass is 10.0. The summed E-state index contributed by atoms with van der Waals surface area (Å²) in [6, 6.07) is 3.02. The predicted octanol–water partition coefficient (Wildman–Crippen LogP) is 2.99. The van der Waals surface area contributed by atoms with Crippen LogP contribution in [0.1, 0.15) is 19.8 Å². The second-order valence-electron chi connectivity index (χ2n) is 4.30. The molecule has 1 aromatic rings. The van der Waals surface area contributed by atoms with Crippen LogP contribution in [0.4, 0.5) is 0 Å². The molecule has 2 rings (SSSR count). The molecule has 2 atom stereocenters. The van der Waals surface area contributed by atoms with E-state index >= 15 is 0 Å². The van der Waals surface area contributed by atoms with E-state index < -0.39 is 11.1 Å². The smallest absolute Gasteiger partial charge is 0.0940 e. The molecule has 6 heteroatoms. The lowest BCUT2D eigenvalue weighted by molar-refractivity contribution is 0.221. The summed E-state index contributed by atoms with van der Waals surface area (Å²) in [5.74, 6) is 0.939. The van der Waals surface area contributed by atoms with Gasteiger partial charge in [0.15, 0.2) is 0 Å². The summed E-state index contributed by atoms with van der Waals surface area (Å²) in [5, 5.41) is 0. The summed E-state index contributed by atoms with van der Waals surface area (Å²) in [6.45, 7) is 4.94. The first-order valence-electron chi connectivity index (χ1n) is 5.52. The zero-order chi connectivity index (χ0) is 12.8. The number of thiophene rings is 1. The highest BCUT2D eigenvalue weighted by atomic mass is 35.5. The number of hydrogen-bond acceptors (Lipinski definition) is 4. The van der Waals surface area contributed by atoms with Gasteiger partial charge in [0.2, 0.25) is 0 Å². The molecule has 2 heterocycles. The Balaban J connectivity index is 0.000000171. The van der Waals surface area contributed by atoms with Crippen molar-refractivity contribution in [2.75, 3.05) is 20.1 Å². The minimum Gasteiger partial charge on any atom is -0.768 e. The highest BCUT2D eigenvalue weighted by molar-refractivity contribution is 7.81. The van der Waals surface area contributed by atoms with Crippen LogP contribution in [0.2, 0.25) is 4.34 Å². The zero-order valence-corrected chi connectivity index (χ0v) is 12.4. The summed E-state index contributed by atoms with van der Waals surface area (Å²) >= 11 is 4.37. The van der Waals surface area contributed by atoms with E-state index in [-0.39, 0.29) is 4.21 Å². The lowest BCUT2D eigenvalue weighted by Crippen LogP contribution is -2.30. The van der Waals surface area contributed by atoms with Gasteiger partial charge in [-0.15, -0.1) is 11.3 Å². The molecule has 3 nitrogen and oxygen atoms in total. The Morgan fingerprint density at radius 2 is 2.29 bits per heavy atom. The Kier molecular flexibility index (Phi) is 6.66. The minimum absolute atomic E-state index is 0.278. The van der Waals surface area contributed by atoms with Crippen LogP contribution in [0.15, 0.2) is 16.3 Å². The van der Waals surface area contributed by atoms with E-state index in [0.29, 0.717) is 4.34 Å².